The van der Waals surface area contributed by atoms with Crippen molar-refractivity contribution in [1.82, 2.24) is 9.55 Å². The zero-order chi connectivity index (χ0) is 13.1. The Balaban J connectivity index is 2.17. The zero-order valence-electron chi connectivity index (χ0n) is 9.74. The molecule has 0 bridgehead atoms. The van der Waals surface area contributed by atoms with Gasteiger partial charge < -0.3 is 10.3 Å². The van der Waals surface area contributed by atoms with E-state index in [1.165, 1.54) is 17.8 Å². The number of anilines is 1. The summed E-state index contributed by atoms with van der Waals surface area (Å²) in [6.07, 6.45) is 3.55. The van der Waals surface area contributed by atoms with Crippen molar-refractivity contribution in [2.24, 2.45) is 7.05 Å². The maximum Gasteiger partial charge on any atom is 0.292 e. The van der Waals surface area contributed by atoms with Crippen molar-refractivity contribution in [3.63, 3.8) is 0 Å². The minimum absolute atomic E-state index is 0.0482. The van der Waals surface area contributed by atoms with Crippen LogP contribution in [0.3, 0.4) is 0 Å². The predicted molar refractivity (Wildman–Crippen MR) is 70.3 cm³/mol. The minimum atomic E-state index is -0.468. The van der Waals surface area contributed by atoms with Gasteiger partial charge in [-0.25, -0.2) is 4.98 Å². The average Bonchev–Trinajstić information content (AvgIpc) is 2.73. The second-order valence-electron chi connectivity index (χ2n) is 3.72. The van der Waals surface area contributed by atoms with Crippen LogP contribution < -0.4 is 5.73 Å². The predicted octanol–water partition coefficient (Wildman–Crippen LogP) is 2.20. The lowest BCUT2D eigenvalue weighted by molar-refractivity contribution is -0.383. The molecule has 2 rings (SSSR count). The summed E-state index contributed by atoms with van der Waals surface area (Å²) < 4.78 is 1.89. The molecule has 0 aliphatic carbocycles. The van der Waals surface area contributed by atoms with Crippen LogP contribution in [0.15, 0.2) is 35.7 Å². The summed E-state index contributed by atoms with van der Waals surface area (Å²) in [5.41, 5.74) is 6.70. The van der Waals surface area contributed by atoms with Gasteiger partial charge in [-0.15, -0.1) is 0 Å². The van der Waals surface area contributed by atoms with Gasteiger partial charge in [0, 0.05) is 31.3 Å². The molecule has 0 amide bonds. The van der Waals surface area contributed by atoms with Crippen molar-refractivity contribution in [2.45, 2.75) is 10.9 Å². The van der Waals surface area contributed by atoms with Crippen LogP contribution in [0.2, 0.25) is 0 Å². The number of rotatable bonds is 4. The maximum atomic E-state index is 10.8. The van der Waals surface area contributed by atoms with Crippen molar-refractivity contribution in [2.75, 3.05) is 5.73 Å². The number of aromatic nitrogens is 2. The number of hydrogen-bond acceptors (Lipinski definition) is 5. The SMILES string of the molecule is Cn1ccnc1SCc1cccc([N+](=O)[O-])c1N. The van der Waals surface area contributed by atoms with Crippen LogP contribution in [0.5, 0.6) is 0 Å². The molecule has 0 unspecified atom stereocenters. The highest BCUT2D eigenvalue weighted by Gasteiger charge is 2.14. The molecule has 0 saturated heterocycles. The Kier molecular flexibility index (Phi) is 3.52. The summed E-state index contributed by atoms with van der Waals surface area (Å²) in [6.45, 7) is 0. The normalized spacial score (nSPS) is 10.5. The lowest BCUT2D eigenvalue weighted by atomic mass is 10.2. The Labute approximate surface area is 108 Å². The Hall–Kier alpha value is -2.02. The molecule has 1 heterocycles. The fourth-order valence-electron chi connectivity index (χ4n) is 1.52. The number of nitrogens with zero attached hydrogens (tertiary/aromatic N) is 3. The molecule has 2 aromatic rings. The summed E-state index contributed by atoms with van der Waals surface area (Å²) in [5, 5.41) is 11.6. The van der Waals surface area contributed by atoms with Crippen LogP contribution in [-0.4, -0.2) is 14.5 Å². The topological polar surface area (TPSA) is 87.0 Å². The first-order chi connectivity index (χ1) is 8.59. The van der Waals surface area contributed by atoms with Crippen molar-refractivity contribution >= 4 is 23.1 Å². The summed E-state index contributed by atoms with van der Waals surface area (Å²) in [4.78, 5) is 14.5. The van der Waals surface area contributed by atoms with E-state index in [-0.39, 0.29) is 11.4 Å². The van der Waals surface area contributed by atoms with Gasteiger partial charge >= 0.3 is 0 Å². The number of thioether (sulfide) groups is 1. The second kappa shape index (κ2) is 5.09. The third-order valence-corrected chi connectivity index (χ3v) is 3.61. The zero-order valence-corrected chi connectivity index (χ0v) is 10.6. The van der Waals surface area contributed by atoms with Crippen molar-refractivity contribution in [3.8, 4) is 0 Å². The molecule has 2 N–H and O–H groups in total. The fourth-order valence-corrected chi connectivity index (χ4v) is 2.45. The van der Waals surface area contributed by atoms with Gasteiger partial charge in [0.15, 0.2) is 5.16 Å². The molecule has 0 radical (unpaired) electrons. The molecule has 0 fully saturated rings. The molecule has 1 aromatic carbocycles. The van der Waals surface area contributed by atoms with Gasteiger partial charge in [-0.1, -0.05) is 23.9 Å². The summed E-state index contributed by atoms with van der Waals surface area (Å²) in [7, 11) is 1.89. The summed E-state index contributed by atoms with van der Waals surface area (Å²) >= 11 is 1.49. The number of imidazole rings is 1. The number of aryl methyl sites for hydroxylation is 1. The number of benzene rings is 1. The maximum absolute atomic E-state index is 10.8. The van der Waals surface area contributed by atoms with Gasteiger partial charge in [-0.3, -0.25) is 10.1 Å². The number of nitro benzene ring substituents is 1. The monoisotopic (exact) mass is 264 g/mol. The molecule has 0 aliphatic heterocycles. The smallest absolute Gasteiger partial charge is 0.292 e. The summed E-state index contributed by atoms with van der Waals surface area (Å²) in [6, 6.07) is 4.84. The van der Waals surface area contributed by atoms with E-state index < -0.39 is 4.92 Å². The van der Waals surface area contributed by atoms with Crippen LogP contribution in [0, 0.1) is 10.1 Å². The van der Waals surface area contributed by atoms with E-state index in [4.69, 9.17) is 5.73 Å². The van der Waals surface area contributed by atoms with Gasteiger partial charge in [0.25, 0.3) is 5.69 Å². The van der Waals surface area contributed by atoms with E-state index >= 15 is 0 Å². The first kappa shape index (κ1) is 12.4. The fraction of sp³-hybridized carbons (Fsp3) is 0.182. The van der Waals surface area contributed by atoms with Gasteiger partial charge in [0.05, 0.1) is 4.92 Å². The first-order valence-electron chi connectivity index (χ1n) is 5.21. The highest BCUT2D eigenvalue weighted by atomic mass is 32.2. The number of nitro groups is 1. The molecule has 7 heteroatoms. The van der Waals surface area contributed by atoms with E-state index in [0.29, 0.717) is 5.75 Å². The molecule has 0 aliphatic rings. The lowest BCUT2D eigenvalue weighted by Gasteiger charge is -2.05. The molecule has 0 saturated carbocycles. The highest BCUT2D eigenvalue weighted by Crippen LogP contribution is 2.29. The Morgan fingerprint density at radius 3 is 2.94 bits per heavy atom. The Morgan fingerprint density at radius 2 is 2.33 bits per heavy atom. The van der Waals surface area contributed by atoms with Gasteiger partial charge in [-0.05, 0) is 5.56 Å². The van der Waals surface area contributed by atoms with Crippen molar-refractivity contribution in [1.29, 1.82) is 0 Å². The van der Waals surface area contributed by atoms with Crippen LogP contribution in [0.25, 0.3) is 0 Å². The van der Waals surface area contributed by atoms with Crippen LogP contribution >= 0.6 is 11.8 Å². The summed E-state index contributed by atoms with van der Waals surface area (Å²) in [5.74, 6) is 0.554. The molecule has 6 nitrogen and oxygen atoms in total. The molecule has 0 spiro atoms. The lowest BCUT2D eigenvalue weighted by Crippen LogP contribution is -1.99. The Bertz CT molecular complexity index is 582. The van der Waals surface area contributed by atoms with Gasteiger partial charge in [0.1, 0.15) is 5.69 Å². The minimum Gasteiger partial charge on any atom is -0.393 e. The van der Waals surface area contributed by atoms with Gasteiger partial charge in [0.2, 0.25) is 0 Å². The van der Waals surface area contributed by atoms with E-state index in [0.717, 1.165) is 10.7 Å². The average molecular weight is 264 g/mol. The van der Waals surface area contributed by atoms with E-state index in [1.807, 2.05) is 17.8 Å². The molecule has 94 valence electrons. The number of nitrogen functional groups attached to an aromatic ring is 1. The van der Waals surface area contributed by atoms with Gasteiger partial charge in [-0.2, -0.15) is 0 Å². The standard InChI is InChI=1S/C11H12N4O2S/c1-14-6-5-13-11(14)18-7-8-3-2-4-9(10(8)12)15(16)17/h2-6H,7,12H2,1H3. The Morgan fingerprint density at radius 1 is 1.56 bits per heavy atom. The molecular formula is C11H12N4O2S. The van der Waals surface area contributed by atoms with Crippen molar-refractivity contribution in [3.05, 3.63) is 46.3 Å². The largest absolute Gasteiger partial charge is 0.393 e. The third-order valence-electron chi connectivity index (χ3n) is 2.50. The van der Waals surface area contributed by atoms with Crippen LogP contribution in [0.1, 0.15) is 5.56 Å². The van der Waals surface area contributed by atoms with E-state index in [1.54, 1.807) is 18.3 Å². The highest BCUT2D eigenvalue weighted by molar-refractivity contribution is 7.98. The molecule has 0 atom stereocenters. The van der Waals surface area contributed by atoms with E-state index in [2.05, 4.69) is 4.98 Å². The number of hydrogen-bond donors (Lipinski definition) is 1. The van der Waals surface area contributed by atoms with E-state index in [9.17, 15) is 10.1 Å². The number of nitrogens with two attached hydrogens (primary N) is 1. The third kappa shape index (κ3) is 2.45. The second-order valence-corrected chi connectivity index (χ2v) is 4.66. The number of para-hydroxylation sites is 1. The molecule has 1 aromatic heterocycles. The molecular weight excluding hydrogens is 252 g/mol. The van der Waals surface area contributed by atoms with Crippen LogP contribution in [-0.2, 0) is 12.8 Å². The first-order valence-corrected chi connectivity index (χ1v) is 6.20. The van der Waals surface area contributed by atoms with Crippen molar-refractivity contribution < 1.29 is 4.92 Å². The quantitative estimate of drug-likeness (QED) is 0.396. The van der Waals surface area contributed by atoms with Crippen LogP contribution in [0.4, 0.5) is 11.4 Å². The molecule has 18 heavy (non-hydrogen) atoms.